The quantitative estimate of drug-likeness (QED) is 0.581. The van der Waals surface area contributed by atoms with E-state index in [0.717, 1.165) is 30.3 Å². The van der Waals surface area contributed by atoms with E-state index in [9.17, 15) is 4.79 Å². The number of nitrogens with two attached hydrogens (primary N) is 1. The van der Waals surface area contributed by atoms with Crippen LogP contribution in [0.2, 0.25) is 0 Å². The molecule has 6 nitrogen and oxygen atoms in total. The van der Waals surface area contributed by atoms with Crippen molar-refractivity contribution in [1.29, 1.82) is 5.41 Å². The molecule has 150 valence electrons. The second-order valence-corrected chi connectivity index (χ2v) is 7.05. The molecule has 2 aromatic rings. The summed E-state index contributed by atoms with van der Waals surface area (Å²) < 4.78 is 1.85. The van der Waals surface area contributed by atoms with Crippen molar-refractivity contribution in [3.63, 3.8) is 0 Å². The molecule has 1 aliphatic rings. The summed E-state index contributed by atoms with van der Waals surface area (Å²) in [6.45, 7) is 6.51. The molecule has 1 unspecified atom stereocenters. The average Bonchev–Trinajstić information content (AvgIpc) is 3.33. The van der Waals surface area contributed by atoms with Crippen LogP contribution >= 0.6 is 0 Å². The minimum Gasteiger partial charge on any atom is -0.404 e. The standard InChI is InChI=1S/C23H27N5O/c1-4-7-16(8-5-2)21-9-6-12-28(21)23(29)19-15-27(3)22-18(19)10-11-20(26-22)17(13-24)14-25/h4-5,7-8,10-11,13-15,21,24H,1,6,9,12,25H2,2-3H3/b8-5-,16-7+,17-14?,24-13?. The maximum atomic E-state index is 13.5. The Morgan fingerprint density at radius 3 is 2.86 bits per heavy atom. The first kappa shape index (κ1) is 20.3. The molecule has 1 saturated heterocycles. The molecule has 0 spiro atoms. The predicted molar refractivity (Wildman–Crippen MR) is 119 cm³/mol. The molecule has 1 amide bonds. The lowest BCUT2D eigenvalue weighted by molar-refractivity contribution is 0.0759. The molecule has 3 N–H and O–H groups in total. The summed E-state index contributed by atoms with van der Waals surface area (Å²) in [5.41, 5.74) is 9.16. The molecular formula is C23H27N5O. The van der Waals surface area contributed by atoms with Gasteiger partial charge in [-0.3, -0.25) is 4.79 Å². The van der Waals surface area contributed by atoms with Crippen LogP contribution < -0.4 is 5.73 Å². The minimum atomic E-state index is 0.00811. The van der Waals surface area contributed by atoms with Crippen molar-refractivity contribution in [3.8, 4) is 0 Å². The van der Waals surface area contributed by atoms with Gasteiger partial charge in [-0.05, 0) is 37.5 Å². The van der Waals surface area contributed by atoms with Crippen LogP contribution in [0.3, 0.4) is 0 Å². The van der Waals surface area contributed by atoms with Crippen molar-refractivity contribution < 1.29 is 4.79 Å². The van der Waals surface area contributed by atoms with E-state index in [-0.39, 0.29) is 11.9 Å². The van der Waals surface area contributed by atoms with E-state index < -0.39 is 0 Å². The number of carbonyl (C=O) groups excluding carboxylic acids is 1. The summed E-state index contributed by atoms with van der Waals surface area (Å²) in [6.07, 6.45) is 14.1. The van der Waals surface area contributed by atoms with E-state index in [1.807, 2.05) is 53.9 Å². The number of fused-ring (bicyclic) bond motifs is 1. The lowest BCUT2D eigenvalue weighted by atomic mass is 10.0. The van der Waals surface area contributed by atoms with E-state index in [0.29, 0.717) is 22.5 Å². The molecule has 6 heteroatoms. The number of aromatic nitrogens is 2. The highest BCUT2D eigenvalue weighted by Crippen LogP contribution is 2.29. The minimum absolute atomic E-state index is 0.00811. The molecule has 1 atom stereocenters. The van der Waals surface area contributed by atoms with Gasteiger partial charge in [0.05, 0.1) is 17.3 Å². The predicted octanol–water partition coefficient (Wildman–Crippen LogP) is 3.82. The number of allylic oxidation sites excluding steroid dienone is 4. The van der Waals surface area contributed by atoms with Crippen LogP contribution in [0.4, 0.5) is 0 Å². The number of nitrogens with one attached hydrogen (secondary N) is 1. The number of amides is 1. The number of aryl methyl sites for hydroxylation is 1. The summed E-state index contributed by atoms with van der Waals surface area (Å²) in [5, 5.41) is 8.28. The van der Waals surface area contributed by atoms with E-state index >= 15 is 0 Å². The largest absolute Gasteiger partial charge is 0.404 e. The first-order valence-electron chi connectivity index (χ1n) is 9.70. The number of pyridine rings is 1. The van der Waals surface area contributed by atoms with Crippen molar-refractivity contribution in [2.45, 2.75) is 25.8 Å². The zero-order valence-corrected chi connectivity index (χ0v) is 16.9. The van der Waals surface area contributed by atoms with Crippen molar-refractivity contribution in [1.82, 2.24) is 14.5 Å². The number of nitrogens with zero attached hydrogens (tertiary/aromatic N) is 3. The van der Waals surface area contributed by atoms with Gasteiger partial charge in [-0.2, -0.15) is 0 Å². The molecule has 1 fully saturated rings. The van der Waals surface area contributed by atoms with E-state index in [2.05, 4.69) is 11.6 Å². The fourth-order valence-electron chi connectivity index (χ4n) is 3.91. The Kier molecular flexibility index (Phi) is 6.12. The van der Waals surface area contributed by atoms with Crippen LogP contribution in [0.25, 0.3) is 16.6 Å². The Morgan fingerprint density at radius 2 is 2.21 bits per heavy atom. The molecule has 3 heterocycles. The fraction of sp³-hybridized carbons (Fsp3) is 0.261. The second kappa shape index (κ2) is 8.73. The number of carbonyl (C=O) groups is 1. The Balaban J connectivity index is 2.02. The summed E-state index contributed by atoms with van der Waals surface area (Å²) in [5.74, 6) is 0.00811. The topological polar surface area (TPSA) is 88.0 Å². The van der Waals surface area contributed by atoms with Gasteiger partial charge in [-0.15, -0.1) is 0 Å². The van der Waals surface area contributed by atoms with E-state index in [1.165, 1.54) is 12.4 Å². The second-order valence-electron chi connectivity index (χ2n) is 7.05. The van der Waals surface area contributed by atoms with Crippen LogP contribution in [0.5, 0.6) is 0 Å². The smallest absolute Gasteiger partial charge is 0.256 e. The molecular weight excluding hydrogens is 362 g/mol. The fourth-order valence-corrected chi connectivity index (χ4v) is 3.91. The molecule has 0 saturated carbocycles. The van der Waals surface area contributed by atoms with Crippen molar-refractivity contribution in [2.24, 2.45) is 12.8 Å². The maximum absolute atomic E-state index is 13.5. The van der Waals surface area contributed by atoms with Crippen molar-refractivity contribution >= 4 is 28.7 Å². The van der Waals surface area contributed by atoms with Gasteiger partial charge in [0.25, 0.3) is 5.91 Å². The van der Waals surface area contributed by atoms with Crippen LogP contribution in [0.1, 0.15) is 35.8 Å². The van der Waals surface area contributed by atoms with Gasteiger partial charge in [0, 0.05) is 43.2 Å². The van der Waals surface area contributed by atoms with E-state index in [1.54, 1.807) is 12.1 Å². The number of hydrogen-bond donors (Lipinski definition) is 2. The summed E-state index contributed by atoms with van der Waals surface area (Å²) in [4.78, 5) is 20.0. The highest BCUT2D eigenvalue weighted by Gasteiger charge is 2.32. The molecule has 0 bridgehead atoms. The SMILES string of the molecule is C=C/C=C(\C=C/C)C1CCCN1C(=O)c1cn(C)c2nc(C(C=N)=CN)ccc12. The average molecular weight is 390 g/mol. The van der Waals surface area contributed by atoms with Crippen LogP contribution in [0, 0.1) is 5.41 Å². The van der Waals surface area contributed by atoms with Crippen LogP contribution in [-0.4, -0.2) is 39.2 Å². The monoisotopic (exact) mass is 389 g/mol. The molecule has 29 heavy (non-hydrogen) atoms. The summed E-state index contributed by atoms with van der Waals surface area (Å²) >= 11 is 0. The van der Waals surface area contributed by atoms with E-state index in [4.69, 9.17) is 11.1 Å². The van der Waals surface area contributed by atoms with Gasteiger partial charge in [0.2, 0.25) is 0 Å². The first-order valence-corrected chi connectivity index (χ1v) is 9.70. The third-order valence-electron chi connectivity index (χ3n) is 5.25. The lowest BCUT2D eigenvalue weighted by Gasteiger charge is -2.25. The molecule has 0 radical (unpaired) electrons. The third-order valence-corrected chi connectivity index (χ3v) is 5.25. The molecule has 1 aliphatic heterocycles. The zero-order chi connectivity index (χ0) is 21.0. The van der Waals surface area contributed by atoms with Gasteiger partial charge in [0.1, 0.15) is 5.65 Å². The third kappa shape index (κ3) is 3.78. The van der Waals surface area contributed by atoms with Gasteiger partial charge < -0.3 is 20.6 Å². The van der Waals surface area contributed by atoms with Gasteiger partial charge in [-0.25, -0.2) is 4.98 Å². The zero-order valence-electron chi connectivity index (χ0n) is 16.9. The van der Waals surface area contributed by atoms with Crippen LogP contribution in [-0.2, 0) is 7.05 Å². The molecule has 3 rings (SSSR count). The van der Waals surface area contributed by atoms with Gasteiger partial charge in [-0.1, -0.05) is 30.9 Å². The van der Waals surface area contributed by atoms with Crippen molar-refractivity contribution in [2.75, 3.05) is 6.54 Å². The normalized spacial score (nSPS) is 18.0. The highest BCUT2D eigenvalue weighted by atomic mass is 16.2. The molecule has 0 aliphatic carbocycles. The lowest BCUT2D eigenvalue weighted by Crippen LogP contribution is -2.36. The van der Waals surface area contributed by atoms with Gasteiger partial charge >= 0.3 is 0 Å². The van der Waals surface area contributed by atoms with Crippen molar-refractivity contribution in [3.05, 3.63) is 72.2 Å². The Morgan fingerprint density at radius 1 is 1.41 bits per heavy atom. The number of likely N-dealkylation sites (tertiary alicyclic amines) is 1. The maximum Gasteiger partial charge on any atom is 0.256 e. The Labute approximate surface area is 171 Å². The number of hydrogen-bond acceptors (Lipinski definition) is 4. The number of rotatable bonds is 6. The molecule has 2 aromatic heterocycles. The summed E-state index contributed by atoms with van der Waals surface area (Å²) in [7, 11) is 1.87. The Hall–Kier alpha value is -3.41. The highest BCUT2D eigenvalue weighted by molar-refractivity contribution is 6.09. The van der Waals surface area contributed by atoms with Gasteiger partial charge in [0.15, 0.2) is 0 Å². The first-order chi connectivity index (χ1) is 14.0. The summed E-state index contributed by atoms with van der Waals surface area (Å²) in [6, 6.07) is 3.73. The molecule has 0 aromatic carbocycles. The Bertz CT molecular complexity index is 1040. The van der Waals surface area contributed by atoms with Crippen LogP contribution in [0.15, 0.2) is 61.0 Å².